The van der Waals surface area contributed by atoms with Gasteiger partial charge >= 0.3 is 0 Å². The normalized spacial score (nSPS) is 13.8. The Hall–Kier alpha value is 0.200. The van der Waals surface area contributed by atoms with Gasteiger partial charge in [0.1, 0.15) is 0 Å². The second-order valence-electron chi connectivity index (χ2n) is 3.63. The van der Waals surface area contributed by atoms with Crippen LogP contribution in [-0.2, 0) is 10.0 Å². The van der Waals surface area contributed by atoms with E-state index in [9.17, 15) is 8.42 Å². The molecule has 0 aliphatic heterocycles. The van der Waals surface area contributed by atoms with E-state index in [-0.39, 0.29) is 0 Å². The van der Waals surface area contributed by atoms with Crippen LogP contribution in [0.25, 0.3) is 0 Å². The molecular formula is C7H16ClNO2S. The van der Waals surface area contributed by atoms with Gasteiger partial charge in [0, 0.05) is 19.5 Å². The Bertz CT molecular complexity index is 230. The zero-order chi connectivity index (χ0) is 9.99. The minimum Gasteiger partial charge on any atom is -0.212 e. The molecule has 0 aliphatic carbocycles. The molecule has 0 aromatic heterocycles. The molecule has 0 aromatic rings. The summed E-state index contributed by atoms with van der Waals surface area (Å²) in [4.78, 5) is 0. The first kappa shape index (κ1) is 12.2. The van der Waals surface area contributed by atoms with Gasteiger partial charge in [0.2, 0.25) is 10.0 Å². The van der Waals surface area contributed by atoms with E-state index in [1.807, 2.05) is 0 Å². The van der Waals surface area contributed by atoms with E-state index in [1.54, 1.807) is 27.8 Å². The molecule has 0 rings (SSSR count). The van der Waals surface area contributed by atoms with E-state index < -0.39 is 14.8 Å². The quantitative estimate of drug-likeness (QED) is 0.663. The molecule has 3 nitrogen and oxygen atoms in total. The van der Waals surface area contributed by atoms with Crippen LogP contribution in [-0.4, -0.2) is 36.9 Å². The molecule has 0 atom stereocenters. The molecule has 0 radical (unpaired) electrons. The van der Waals surface area contributed by atoms with Crippen molar-refractivity contribution in [2.24, 2.45) is 0 Å². The lowest BCUT2D eigenvalue weighted by Gasteiger charge is -2.26. The van der Waals surface area contributed by atoms with Gasteiger partial charge in [-0.3, -0.25) is 0 Å². The first-order valence-corrected chi connectivity index (χ1v) is 5.73. The van der Waals surface area contributed by atoms with Crippen molar-refractivity contribution in [3.63, 3.8) is 0 Å². The molecule has 0 unspecified atom stereocenters. The Morgan fingerprint density at radius 3 is 2.00 bits per heavy atom. The average Bonchev–Trinajstić information content (AvgIpc) is 1.85. The van der Waals surface area contributed by atoms with Gasteiger partial charge in [0.05, 0.1) is 4.75 Å². The summed E-state index contributed by atoms with van der Waals surface area (Å²) in [6, 6.07) is 0. The van der Waals surface area contributed by atoms with Crippen molar-refractivity contribution in [3.8, 4) is 0 Å². The van der Waals surface area contributed by atoms with Gasteiger partial charge in [0.15, 0.2) is 0 Å². The fraction of sp³-hybridized carbons (Fsp3) is 1.00. The Morgan fingerprint density at radius 1 is 1.33 bits per heavy atom. The lowest BCUT2D eigenvalue weighted by Crippen LogP contribution is -2.41. The Labute approximate surface area is 79.8 Å². The largest absolute Gasteiger partial charge is 0.218 e. The van der Waals surface area contributed by atoms with Crippen molar-refractivity contribution >= 4 is 21.6 Å². The maximum Gasteiger partial charge on any atom is 0.218 e. The van der Waals surface area contributed by atoms with Crippen LogP contribution in [0.1, 0.15) is 20.8 Å². The first-order chi connectivity index (χ1) is 5.23. The number of hydrogen-bond donors (Lipinski definition) is 0. The van der Waals surface area contributed by atoms with Gasteiger partial charge in [-0.25, -0.2) is 12.7 Å². The molecular weight excluding hydrogens is 198 g/mol. The number of sulfonamides is 1. The highest BCUT2D eigenvalue weighted by molar-refractivity contribution is 7.90. The van der Waals surface area contributed by atoms with Crippen LogP contribution >= 0.6 is 11.6 Å². The second-order valence-corrected chi connectivity index (χ2v) is 6.80. The maximum atomic E-state index is 11.6. The van der Waals surface area contributed by atoms with E-state index in [2.05, 4.69) is 0 Å². The molecule has 0 heterocycles. The molecule has 0 fully saturated rings. The van der Waals surface area contributed by atoms with Crippen LogP contribution in [0, 0.1) is 0 Å². The predicted octanol–water partition coefficient (Wildman–Crippen LogP) is 1.29. The fourth-order valence-electron chi connectivity index (χ4n) is 0.707. The highest BCUT2D eigenvalue weighted by Gasteiger charge is 2.32. The zero-order valence-corrected chi connectivity index (χ0v) is 9.54. The van der Waals surface area contributed by atoms with Crippen molar-refractivity contribution in [3.05, 3.63) is 0 Å². The van der Waals surface area contributed by atoms with Gasteiger partial charge < -0.3 is 0 Å². The van der Waals surface area contributed by atoms with Crippen molar-refractivity contribution in [1.82, 2.24) is 4.31 Å². The molecule has 0 saturated carbocycles. The van der Waals surface area contributed by atoms with Crippen molar-refractivity contribution < 1.29 is 8.42 Å². The molecule has 12 heavy (non-hydrogen) atoms. The first-order valence-electron chi connectivity index (χ1n) is 3.75. The summed E-state index contributed by atoms with van der Waals surface area (Å²) in [5.74, 6) is 0.325. The topological polar surface area (TPSA) is 37.4 Å². The lowest BCUT2D eigenvalue weighted by atomic mass is 10.3. The van der Waals surface area contributed by atoms with Gasteiger partial charge in [-0.15, -0.1) is 11.6 Å². The Balaban J connectivity index is 4.64. The van der Waals surface area contributed by atoms with Crippen molar-refractivity contribution in [2.75, 3.05) is 19.5 Å². The van der Waals surface area contributed by atoms with E-state index >= 15 is 0 Å². The summed E-state index contributed by atoms with van der Waals surface area (Å²) in [6.45, 7) is 5.38. The SMILES string of the molecule is CN(CCCl)S(=O)(=O)C(C)(C)C. The second kappa shape index (κ2) is 3.94. The van der Waals surface area contributed by atoms with Crippen LogP contribution in [0.4, 0.5) is 0 Å². The molecule has 0 amide bonds. The van der Waals surface area contributed by atoms with Crippen LogP contribution in [0.5, 0.6) is 0 Å². The monoisotopic (exact) mass is 213 g/mol. The van der Waals surface area contributed by atoms with Gasteiger partial charge in [-0.1, -0.05) is 0 Å². The minimum absolute atomic E-state index is 0.325. The molecule has 0 saturated heterocycles. The third kappa shape index (κ3) is 2.61. The van der Waals surface area contributed by atoms with Crippen molar-refractivity contribution in [1.29, 1.82) is 0 Å². The standard InChI is InChI=1S/C7H16ClNO2S/c1-7(2,3)12(10,11)9(4)6-5-8/h5-6H2,1-4H3. The minimum atomic E-state index is -3.19. The summed E-state index contributed by atoms with van der Waals surface area (Å²) in [7, 11) is -1.65. The Kier molecular flexibility index (Phi) is 4.00. The summed E-state index contributed by atoms with van der Waals surface area (Å²) in [6.07, 6.45) is 0. The smallest absolute Gasteiger partial charge is 0.212 e. The van der Waals surface area contributed by atoms with Crippen LogP contribution in [0.3, 0.4) is 0 Å². The molecule has 0 N–H and O–H groups in total. The summed E-state index contributed by atoms with van der Waals surface area (Å²) in [5.41, 5.74) is 0. The number of hydrogen-bond acceptors (Lipinski definition) is 2. The lowest BCUT2D eigenvalue weighted by molar-refractivity contribution is 0.459. The molecule has 0 aliphatic rings. The Morgan fingerprint density at radius 2 is 1.75 bits per heavy atom. The van der Waals surface area contributed by atoms with Crippen LogP contribution in [0.2, 0.25) is 0 Å². The predicted molar refractivity (Wildman–Crippen MR) is 52.0 cm³/mol. The summed E-state index contributed by atoms with van der Waals surface area (Å²) >= 11 is 5.45. The van der Waals surface area contributed by atoms with Gasteiger partial charge in [-0.2, -0.15) is 0 Å². The van der Waals surface area contributed by atoms with Crippen LogP contribution < -0.4 is 0 Å². The molecule has 74 valence electrons. The van der Waals surface area contributed by atoms with E-state index in [1.165, 1.54) is 4.31 Å². The van der Waals surface area contributed by atoms with Crippen molar-refractivity contribution in [2.45, 2.75) is 25.5 Å². The molecule has 0 bridgehead atoms. The summed E-state index contributed by atoms with van der Waals surface area (Å²) < 4.78 is 23.8. The third-order valence-electron chi connectivity index (χ3n) is 1.58. The van der Waals surface area contributed by atoms with Gasteiger partial charge in [0.25, 0.3) is 0 Å². The van der Waals surface area contributed by atoms with E-state index in [0.717, 1.165) is 0 Å². The fourth-order valence-corrected chi connectivity index (χ4v) is 2.33. The van der Waals surface area contributed by atoms with E-state index in [4.69, 9.17) is 11.6 Å². The molecule has 0 spiro atoms. The number of rotatable bonds is 3. The summed E-state index contributed by atoms with van der Waals surface area (Å²) in [5, 5.41) is 0. The zero-order valence-electron chi connectivity index (χ0n) is 7.96. The average molecular weight is 214 g/mol. The number of halogens is 1. The highest BCUT2D eigenvalue weighted by Crippen LogP contribution is 2.18. The number of nitrogens with zero attached hydrogens (tertiary/aromatic N) is 1. The highest BCUT2D eigenvalue weighted by atomic mass is 35.5. The molecule has 5 heteroatoms. The third-order valence-corrected chi connectivity index (χ3v) is 4.30. The number of alkyl halides is 1. The molecule has 0 aromatic carbocycles. The maximum absolute atomic E-state index is 11.6. The van der Waals surface area contributed by atoms with Gasteiger partial charge in [-0.05, 0) is 20.8 Å². The van der Waals surface area contributed by atoms with Crippen LogP contribution in [0.15, 0.2) is 0 Å². The van der Waals surface area contributed by atoms with E-state index in [0.29, 0.717) is 12.4 Å².